The maximum atomic E-state index is 13.0. The zero-order chi connectivity index (χ0) is 14.0. The van der Waals surface area contributed by atoms with Crippen LogP contribution >= 0.6 is 28.6 Å². The number of nitrogens with one attached hydrogen (secondary N) is 1. The molecule has 6 heteroatoms. The van der Waals surface area contributed by atoms with Gasteiger partial charge in [-0.3, -0.25) is 4.79 Å². The zero-order valence-corrected chi connectivity index (χ0v) is 11.9. The van der Waals surface area contributed by atoms with Crippen molar-refractivity contribution in [3.05, 3.63) is 58.1 Å². The molecule has 0 spiro atoms. The first kappa shape index (κ1) is 14.0. The number of thiol groups is 1. The van der Waals surface area contributed by atoms with Gasteiger partial charge >= 0.3 is 0 Å². The summed E-state index contributed by atoms with van der Waals surface area (Å²) in [6.07, 6.45) is 0. The van der Waals surface area contributed by atoms with E-state index in [1.165, 1.54) is 0 Å². The minimum absolute atomic E-state index is 0.0538. The Balaban J connectivity index is 2.25. The smallest absolute Gasteiger partial charge is 0.256 e. The molecule has 0 aliphatic carbocycles. The van der Waals surface area contributed by atoms with Crippen molar-refractivity contribution in [3.63, 3.8) is 0 Å². The van der Waals surface area contributed by atoms with E-state index in [1.807, 2.05) is 0 Å². The lowest BCUT2D eigenvalue weighted by Gasteiger charge is -2.08. The molecule has 0 aliphatic rings. The van der Waals surface area contributed by atoms with Gasteiger partial charge in [0.05, 0.1) is 5.56 Å². The summed E-state index contributed by atoms with van der Waals surface area (Å²) in [6.45, 7) is 0. The number of hydrogen-bond donors (Lipinski definition) is 2. The summed E-state index contributed by atoms with van der Waals surface area (Å²) < 4.78 is 26.8. The van der Waals surface area contributed by atoms with E-state index in [-0.39, 0.29) is 5.69 Å². The Morgan fingerprint density at radius 2 is 1.74 bits per heavy atom. The second-order valence-electron chi connectivity index (χ2n) is 3.77. The van der Waals surface area contributed by atoms with E-state index in [4.69, 9.17) is 0 Å². The average molecular weight is 344 g/mol. The van der Waals surface area contributed by atoms with E-state index in [9.17, 15) is 13.6 Å². The van der Waals surface area contributed by atoms with Crippen LogP contribution in [-0.4, -0.2) is 5.91 Å². The third-order valence-electron chi connectivity index (χ3n) is 2.32. The molecular formula is C13H8BrF2NOS. The van der Waals surface area contributed by atoms with Crippen molar-refractivity contribution in [3.8, 4) is 0 Å². The van der Waals surface area contributed by atoms with E-state index < -0.39 is 17.5 Å². The number of carbonyl (C=O) groups is 1. The van der Waals surface area contributed by atoms with Crippen LogP contribution in [0.15, 0.2) is 45.8 Å². The minimum Gasteiger partial charge on any atom is -0.322 e. The summed E-state index contributed by atoms with van der Waals surface area (Å²) in [5, 5.41) is 2.42. The van der Waals surface area contributed by atoms with E-state index in [1.54, 1.807) is 18.2 Å². The van der Waals surface area contributed by atoms with Crippen LogP contribution in [0.5, 0.6) is 0 Å². The molecule has 1 amide bonds. The summed E-state index contributed by atoms with van der Waals surface area (Å²) in [7, 11) is 0. The molecule has 0 atom stereocenters. The topological polar surface area (TPSA) is 29.1 Å². The van der Waals surface area contributed by atoms with Crippen molar-refractivity contribution >= 4 is 40.2 Å². The summed E-state index contributed by atoms with van der Waals surface area (Å²) >= 11 is 7.43. The van der Waals surface area contributed by atoms with Crippen LogP contribution in [0, 0.1) is 11.6 Å². The molecule has 0 fully saturated rings. The quantitative estimate of drug-likeness (QED) is 0.783. The molecular weight excluding hydrogens is 336 g/mol. The van der Waals surface area contributed by atoms with E-state index in [0.717, 1.165) is 22.7 Å². The van der Waals surface area contributed by atoms with Gasteiger partial charge in [-0.1, -0.05) is 15.9 Å². The van der Waals surface area contributed by atoms with Gasteiger partial charge in [-0.25, -0.2) is 8.78 Å². The first-order chi connectivity index (χ1) is 8.95. The number of carbonyl (C=O) groups excluding carboxylic acids is 1. The Labute approximate surface area is 122 Å². The Hall–Kier alpha value is -1.40. The molecule has 98 valence electrons. The van der Waals surface area contributed by atoms with Crippen molar-refractivity contribution in [2.45, 2.75) is 4.90 Å². The van der Waals surface area contributed by atoms with Gasteiger partial charge in [-0.15, -0.1) is 12.6 Å². The second-order valence-corrected chi connectivity index (χ2v) is 5.17. The largest absolute Gasteiger partial charge is 0.322 e. The Morgan fingerprint density at radius 3 is 2.32 bits per heavy atom. The van der Waals surface area contributed by atoms with Crippen LogP contribution in [0.3, 0.4) is 0 Å². The average Bonchev–Trinajstić information content (AvgIpc) is 2.26. The fourth-order valence-corrected chi connectivity index (χ4v) is 2.37. The highest BCUT2D eigenvalue weighted by molar-refractivity contribution is 9.10. The fourth-order valence-electron chi connectivity index (χ4n) is 1.52. The number of anilines is 1. The number of hydrogen-bond acceptors (Lipinski definition) is 2. The molecule has 2 aromatic carbocycles. The van der Waals surface area contributed by atoms with Gasteiger partial charge in [-0.05, 0) is 30.3 Å². The standard InChI is InChI=1S/C13H8BrF2NOS/c14-7-1-2-11(12(19)3-7)13(18)17-10-5-8(15)4-9(16)6-10/h1-6,19H,(H,17,18). The highest BCUT2D eigenvalue weighted by Crippen LogP contribution is 2.21. The minimum atomic E-state index is -0.753. The van der Waals surface area contributed by atoms with Crippen LogP contribution < -0.4 is 5.32 Å². The van der Waals surface area contributed by atoms with Crippen LogP contribution in [0.2, 0.25) is 0 Å². The Bertz CT molecular complexity index is 628. The molecule has 0 aromatic heterocycles. The van der Waals surface area contributed by atoms with Crippen molar-refractivity contribution in [1.82, 2.24) is 0 Å². The van der Waals surface area contributed by atoms with Gasteiger partial charge in [0.15, 0.2) is 0 Å². The molecule has 0 heterocycles. The summed E-state index contributed by atoms with van der Waals surface area (Å²) in [5.41, 5.74) is 0.370. The van der Waals surface area contributed by atoms with E-state index in [2.05, 4.69) is 33.9 Å². The van der Waals surface area contributed by atoms with Crippen LogP contribution in [0.4, 0.5) is 14.5 Å². The third kappa shape index (κ3) is 3.54. The van der Waals surface area contributed by atoms with Crippen LogP contribution in [-0.2, 0) is 0 Å². The van der Waals surface area contributed by atoms with Gasteiger partial charge in [0, 0.05) is 21.1 Å². The maximum Gasteiger partial charge on any atom is 0.256 e. The maximum absolute atomic E-state index is 13.0. The van der Waals surface area contributed by atoms with Gasteiger partial charge in [0.1, 0.15) is 11.6 Å². The predicted molar refractivity (Wildman–Crippen MR) is 75.7 cm³/mol. The highest BCUT2D eigenvalue weighted by atomic mass is 79.9. The fraction of sp³-hybridized carbons (Fsp3) is 0. The van der Waals surface area contributed by atoms with Gasteiger partial charge in [-0.2, -0.15) is 0 Å². The number of amides is 1. The molecule has 0 saturated heterocycles. The van der Waals surface area contributed by atoms with Crippen molar-refractivity contribution < 1.29 is 13.6 Å². The first-order valence-electron chi connectivity index (χ1n) is 5.21. The molecule has 2 aromatic rings. The third-order valence-corrected chi connectivity index (χ3v) is 3.19. The molecule has 2 nitrogen and oxygen atoms in total. The van der Waals surface area contributed by atoms with Gasteiger partial charge in [0.25, 0.3) is 5.91 Å². The molecule has 1 N–H and O–H groups in total. The van der Waals surface area contributed by atoms with Crippen LogP contribution in [0.1, 0.15) is 10.4 Å². The zero-order valence-electron chi connectivity index (χ0n) is 9.45. The number of halogens is 3. The van der Waals surface area contributed by atoms with Crippen molar-refractivity contribution in [2.24, 2.45) is 0 Å². The summed E-state index contributed by atoms with van der Waals surface area (Å²) in [6, 6.07) is 7.72. The lowest BCUT2D eigenvalue weighted by molar-refractivity contribution is 0.102. The van der Waals surface area contributed by atoms with E-state index in [0.29, 0.717) is 10.5 Å². The monoisotopic (exact) mass is 343 g/mol. The molecule has 0 bridgehead atoms. The normalized spacial score (nSPS) is 10.3. The molecule has 0 saturated carbocycles. The molecule has 19 heavy (non-hydrogen) atoms. The number of benzene rings is 2. The van der Waals surface area contributed by atoms with Gasteiger partial charge < -0.3 is 5.32 Å². The highest BCUT2D eigenvalue weighted by Gasteiger charge is 2.11. The number of rotatable bonds is 2. The van der Waals surface area contributed by atoms with Gasteiger partial charge in [0.2, 0.25) is 0 Å². The first-order valence-corrected chi connectivity index (χ1v) is 6.45. The molecule has 0 radical (unpaired) electrons. The molecule has 2 rings (SSSR count). The second kappa shape index (κ2) is 5.71. The lowest BCUT2D eigenvalue weighted by atomic mass is 10.2. The lowest BCUT2D eigenvalue weighted by Crippen LogP contribution is -2.13. The summed E-state index contributed by atoms with van der Waals surface area (Å²) in [5.74, 6) is -1.99. The summed E-state index contributed by atoms with van der Waals surface area (Å²) in [4.78, 5) is 12.4. The molecule has 0 aliphatic heterocycles. The molecule has 0 unspecified atom stereocenters. The Kier molecular flexibility index (Phi) is 4.21. The predicted octanol–water partition coefficient (Wildman–Crippen LogP) is 4.27. The van der Waals surface area contributed by atoms with Crippen molar-refractivity contribution in [1.29, 1.82) is 0 Å². The Morgan fingerprint density at radius 1 is 1.11 bits per heavy atom. The van der Waals surface area contributed by atoms with Crippen molar-refractivity contribution in [2.75, 3.05) is 5.32 Å². The van der Waals surface area contributed by atoms with E-state index >= 15 is 0 Å². The van der Waals surface area contributed by atoms with Crippen LogP contribution in [0.25, 0.3) is 0 Å². The SMILES string of the molecule is O=C(Nc1cc(F)cc(F)c1)c1ccc(Br)cc1S.